The maximum absolute atomic E-state index is 9.84. The van der Waals surface area contributed by atoms with E-state index in [1.807, 2.05) is 6.07 Å². The zero-order valence-electron chi connectivity index (χ0n) is 9.56. The van der Waals surface area contributed by atoms with E-state index in [4.69, 9.17) is 0 Å². The molecule has 2 rings (SSSR count). The van der Waals surface area contributed by atoms with Crippen LogP contribution in [0.3, 0.4) is 0 Å². The molecule has 0 aromatic heterocycles. The van der Waals surface area contributed by atoms with Gasteiger partial charge in [-0.1, -0.05) is 28.1 Å². The zero-order valence-corrected chi connectivity index (χ0v) is 11.2. The molecule has 2 nitrogen and oxygen atoms in total. The minimum Gasteiger partial charge on any atom is -0.391 e. The van der Waals surface area contributed by atoms with E-state index in [1.165, 1.54) is 5.56 Å². The lowest BCUT2D eigenvalue weighted by Gasteiger charge is -2.27. The van der Waals surface area contributed by atoms with Crippen molar-refractivity contribution in [1.82, 2.24) is 4.90 Å². The number of hydrogen-bond acceptors (Lipinski definition) is 2. The second-order valence-electron chi connectivity index (χ2n) is 4.61. The molecule has 0 unspecified atom stereocenters. The predicted octanol–water partition coefficient (Wildman–Crippen LogP) is 2.79. The number of aliphatic hydroxyl groups is 1. The smallest absolute Gasteiger partial charge is 0.0695 e. The summed E-state index contributed by atoms with van der Waals surface area (Å²) in [6, 6.07) is 8.69. The maximum atomic E-state index is 9.84. The third-order valence-corrected chi connectivity index (χ3v) is 3.82. The average molecular weight is 284 g/mol. The van der Waals surface area contributed by atoms with Crippen LogP contribution in [-0.2, 0) is 6.54 Å². The van der Waals surface area contributed by atoms with Gasteiger partial charge in [-0.15, -0.1) is 0 Å². The van der Waals surface area contributed by atoms with Gasteiger partial charge >= 0.3 is 0 Å². The lowest BCUT2D eigenvalue weighted by Crippen LogP contribution is -2.36. The second-order valence-corrected chi connectivity index (χ2v) is 5.53. The molecular formula is C13H18BrNO. The van der Waals surface area contributed by atoms with Crippen molar-refractivity contribution in [1.29, 1.82) is 0 Å². The first kappa shape index (κ1) is 12.1. The Morgan fingerprint density at radius 2 is 2.25 bits per heavy atom. The molecule has 0 amide bonds. The molecule has 1 aliphatic rings. The van der Waals surface area contributed by atoms with Crippen LogP contribution in [0.5, 0.6) is 0 Å². The summed E-state index contributed by atoms with van der Waals surface area (Å²) in [6.45, 7) is 0.904. The monoisotopic (exact) mass is 283 g/mol. The van der Waals surface area contributed by atoms with Gasteiger partial charge in [-0.25, -0.2) is 0 Å². The Labute approximate surface area is 105 Å². The van der Waals surface area contributed by atoms with Gasteiger partial charge < -0.3 is 5.11 Å². The van der Waals surface area contributed by atoms with Gasteiger partial charge in [0, 0.05) is 17.1 Å². The normalized spacial score (nSPS) is 25.2. The number of halogens is 1. The van der Waals surface area contributed by atoms with Crippen LogP contribution >= 0.6 is 15.9 Å². The minimum atomic E-state index is -0.142. The van der Waals surface area contributed by atoms with Crippen LogP contribution < -0.4 is 0 Å². The van der Waals surface area contributed by atoms with Crippen LogP contribution in [0.15, 0.2) is 28.7 Å². The van der Waals surface area contributed by atoms with E-state index in [2.05, 4.69) is 46.1 Å². The van der Waals surface area contributed by atoms with Crippen molar-refractivity contribution in [3.05, 3.63) is 34.3 Å². The molecule has 0 heterocycles. The number of aliphatic hydroxyl groups excluding tert-OH is 1. The molecule has 1 fully saturated rings. The van der Waals surface area contributed by atoms with Crippen molar-refractivity contribution < 1.29 is 5.11 Å². The van der Waals surface area contributed by atoms with Crippen molar-refractivity contribution >= 4 is 15.9 Å². The number of benzene rings is 1. The Morgan fingerprint density at radius 1 is 1.44 bits per heavy atom. The van der Waals surface area contributed by atoms with Crippen LogP contribution in [0.25, 0.3) is 0 Å². The van der Waals surface area contributed by atoms with E-state index in [0.29, 0.717) is 6.04 Å². The van der Waals surface area contributed by atoms with Crippen molar-refractivity contribution in [3.8, 4) is 0 Å². The first-order chi connectivity index (χ1) is 7.66. The molecular weight excluding hydrogens is 266 g/mol. The third-order valence-electron chi connectivity index (χ3n) is 3.33. The Balaban J connectivity index is 1.99. The number of hydrogen-bond donors (Lipinski definition) is 1. The largest absolute Gasteiger partial charge is 0.391 e. The number of likely N-dealkylation sites (N-methyl/N-ethyl adjacent to an activating group) is 1. The third kappa shape index (κ3) is 2.84. The van der Waals surface area contributed by atoms with E-state index in [-0.39, 0.29) is 6.10 Å². The first-order valence-corrected chi connectivity index (χ1v) is 6.59. The fraction of sp³-hybridized carbons (Fsp3) is 0.538. The molecule has 1 N–H and O–H groups in total. The molecule has 0 aliphatic heterocycles. The van der Waals surface area contributed by atoms with Crippen molar-refractivity contribution in [2.45, 2.75) is 38.0 Å². The van der Waals surface area contributed by atoms with Gasteiger partial charge in [-0.2, -0.15) is 0 Å². The lowest BCUT2D eigenvalue weighted by molar-refractivity contribution is 0.0825. The molecule has 0 saturated heterocycles. The van der Waals surface area contributed by atoms with Gasteiger partial charge in [-0.05, 0) is 44.0 Å². The first-order valence-electron chi connectivity index (χ1n) is 5.79. The lowest BCUT2D eigenvalue weighted by atomic mass is 10.1. The molecule has 2 atom stereocenters. The van der Waals surface area contributed by atoms with Gasteiger partial charge in [0.15, 0.2) is 0 Å². The van der Waals surface area contributed by atoms with Gasteiger partial charge in [0.1, 0.15) is 0 Å². The summed E-state index contributed by atoms with van der Waals surface area (Å²) in [5.74, 6) is 0. The number of nitrogens with zero attached hydrogens (tertiary/aromatic N) is 1. The summed E-state index contributed by atoms with van der Waals surface area (Å²) in [5, 5.41) is 9.84. The summed E-state index contributed by atoms with van der Waals surface area (Å²) in [4.78, 5) is 2.26. The molecule has 0 bridgehead atoms. The molecule has 3 heteroatoms. The Bertz CT molecular complexity index is 356. The molecule has 1 aliphatic carbocycles. The highest BCUT2D eigenvalue weighted by Gasteiger charge is 2.28. The standard InChI is InChI=1S/C13H18BrNO/c1-15(12-6-3-7-13(12)16)9-10-4-2-5-11(14)8-10/h2,4-5,8,12-13,16H,3,6-7,9H2,1H3/t12-,13-/m1/s1. The molecule has 88 valence electrons. The van der Waals surface area contributed by atoms with Crippen molar-refractivity contribution in [3.63, 3.8) is 0 Å². The quantitative estimate of drug-likeness (QED) is 0.922. The molecule has 1 aromatic carbocycles. The van der Waals surface area contributed by atoms with Crippen LogP contribution in [0.4, 0.5) is 0 Å². The second kappa shape index (κ2) is 5.30. The van der Waals surface area contributed by atoms with Gasteiger partial charge in [-0.3, -0.25) is 4.90 Å². The van der Waals surface area contributed by atoms with E-state index in [1.54, 1.807) is 0 Å². The van der Waals surface area contributed by atoms with Gasteiger partial charge in [0.25, 0.3) is 0 Å². The highest BCUT2D eigenvalue weighted by atomic mass is 79.9. The molecule has 1 aromatic rings. The highest BCUT2D eigenvalue weighted by Crippen LogP contribution is 2.24. The Kier molecular flexibility index (Phi) is 4.00. The van der Waals surface area contributed by atoms with E-state index < -0.39 is 0 Å². The van der Waals surface area contributed by atoms with E-state index in [0.717, 1.165) is 30.3 Å². The van der Waals surface area contributed by atoms with Crippen LogP contribution in [0.1, 0.15) is 24.8 Å². The molecule has 1 saturated carbocycles. The molecule has 0 spiro atoms. The summed E-state index contributed by atoms with van der Waals surface area (Å²) < 4.78 is 1.12. The summed E-state index contributed by atoms with van der Waals surface area (Å²) in [5.41, 5.74) is 1.29. The fourth-order valence-electron chi connectivity index (χ4n) is 2.48. The van der Waals surface area contributed by atoms with E-state index in [9.17, 15) is 5.11 Å². The van der Waals surface area contributed by atoms with Crippen molar-refractivity contribution in [2.75, 3.05) is 7.05 Å². The highest BCUT2D eigenvalue weighted by molar-refractivity contribution is 9.10. The van der Waals surface area contributed by atoms with Crippen LogP contribution in [0, 0.1) is 0 Å². The van der Waals surface area contributed by atoms with Gasteiger partial charge in [0.05, 0.1) is 6.10 Å². The van der Waals surface area contributed by atoms with Crippen molar-refractivity contribution in [2.24, 2.45) is 0 Å². The maximum Gasteiger partial charge on any atom is 0.0695 e. The summed E-state index contributed by atoms with van der Waals surface area (Å²) in [6.07, 6.45) is 3.07. The molecule has 16 heavy (non-hydrogen) atoms. The van der Waals surface area contributed by atoms with Crippen LogP contribution in [0.2, 0.25) is 0 Å². The zero-order chi connectivity index (χ0) is 11.5. The predicted molar refractivity (Wildman–Crippen MR) is 69.3 cm³/mol. The van der Waals surface area contributed by atoms with Crippen LogP contribution in [-0.4, -0.2) is 29.2 Å². The SMILES string of the molecule is CN(Cc1cccc(Br)c1)[C@@H]1CCC[C@H]1O. The minimum absolute atomic E-state index is 0.142. The fourth-order valence-corrected chi connectivity index (χ4v) is 2.92. The van der Waals surface area contributed by atoms with Gasteiger partial charge in [0.2, 0.25) is 0 Å². The number of rotatable bonds is 3. The Hall–Kier alpha value is -0.380. The topological polar surface area (TPSA) is 23.5 Å². The molecule has 0 radical (unpaired) electrons. The Morgan fingerprint density at radius 3 is 2.88 bits per heavy atom. The summed E-state index contributed by atoms with van der Waals surface area (Å²) in [7, 11) is 2.10. The van der Waals surface area contributed by atoms with E-state index >= 15 is 0 Å². The average Bonchev–Trinajstić information content (AvgIpc) is 2.64. The summed E-state index contributed by atoms with van der Waals surface area (Å²) >= 11 is 3.48.